The average Bonchev–Trinajstić information content (AvgIpc) is 3.34. The number of ether oxygens (including phenoxy) is 2. The van der Waals surface area contributed by atoms with E-state index < -0.39 is 0 Å². The van der Waals surface area contributed by atoms with Crippen LogP contribution in [0.15, 0.2) is 24.3 Å². The number of fused-ring (bicyclic) bond motifs is 3. The summed E-state index contributed by atoms with van der Waals surface area (Å²) in [7, 11) is 1.51. The quantitative estimate of drug-likeness (QED) is 0.292. The summed E-state index contributed by atoms with van der Waals surface area (Å²) >= 11 is 0. The van der Waals surface area contributed by atoms with Crippen LogP contribution >= 0.6 is 0 Å². The van der Waals surface area contributed by atoms with Crippen LogP contribution in [0, 0.1) is 39.9 Å². The van der Waals surface area contributed by atoms with Crippen molar-refractivity contribution in [3.63, 3.8) is 0 Å². The molecule has 1 saturated heterocycles. The van der Waals surface area contributed by atoms with Crippen molar-refractivity contribution in [3.8, 4) is 0 Å². The van der Waals surface area contributed by atoms with Gasteiger partial charge in [0.2, 0.25) is 0 Å². The van der Waals surface area contributed by atoms with Gasteiger partial charge in [-0.3, -0.25) is 4.79 Å². The molecule has 0 radical (unpaired) electrons. The predicted octanol–water partition coefficient (Wildman–Crippen LogP) is 7.89. The van der Waals surface area contributed by atoms with Gasteiger partial charge >= 0.3 is 5.97 Å². The molecule has 34 heavy (non-hydrogen) atoms. The van der Waals surface area contributed by atoms with Gasteiger partial charge < -0.3 is 9.47 Å². The SMILES string of the molecule is C=C(C)[C@@H]1CC[C@@](C)([C@H]2CC[C@]3(C)[C@@H]2CC[C@H]2[C@@](C)(CCC(=O)OC)[C@H](C(=C)C)CC[C@]23C)O1. The van der Waals surface area contributed by atoms with Gasteiger partial charge in [0.05, 0.1) is 18.8 Å². The summed E-state index contributed by atoms with van der Waals surface area (Å²) in [6.45, 7) is 23.1. The van der Waals surface area contributed by atoms with Crippen LogP contribution in [0.5, 0.6) is 0 Å². The standard InChI is InChI=1S/C31H50O3/c1-20(2)22-12-18-30(7)26(28(22,5)16-15-27(32)33-9)11-10-23-24(13-17-29(23,30)6)31(8)19-14-25(34-31)21(3)4/h22-26H,1,3,10-19H2,2,4-9H3/t22-,23+,24-,25-,26-,28-,29+,30+,31-/m0/s1. The maximum absolute atomic E-state index is 12.2. The first-order chi connectivity index (χ1) is 15.8. The summed E-state index contributed by atoms with van der Waals surface area (Å²) < 4.78 is 11.8. The maximum atomic E-state index is 12.2. The molecule has 3 nitrogen and oxygen atoms in total. The minimum Gasteiger partial charge on any atom is -0.469 e. The monoisotopic (exact) mass is 470 g/mol. The van der Waals surface area contributed by atoms with E-state index in [0.29, 0.717) is 35.5 Å². The molecule has 9 atom stereocenters. The molecule has 4 rings (SSSR count). The van der Waals surface area contributed by atoms with Gasteiger partial charge in [0, 0.05) is 6.42 Å². The molecule has 0 bridgehead atoms. The van der Waals surface area contributed by atoms with E-state index in [4.69, 9.17) is 9.47 Å². The van der Waals surface area contributed by atoms with Crippen molar-refractivity contribution in [1.82, 2.24) is 0 Å². The minimum atomic E-state index is -0.0758. The second-order valence-electron chi connectivity index (χ2n) is 13.5. The highest BCUT2D eigenvalue weighted by Gasteiger charge is 2.67. The van der Waals surface area contributed by atoms with Crippen LogP contribution in [0.25, 0.3) is 0 Å². The van der Waals surface area contributed by atoms with E-state index in [-0.39, 0.29) is 28.5 Å². The highest BCUT2D eigenvalue weighted by atomic mass is 16.5. The van der Waals surface area contributed by atoms with Crippen LogP contribution in [-0.4, -0.2) is 24.8 Å². The molecule has 0 spiro atoms. The van der Waals surface area contributed by atoms with Crippen molar-refractivity contribution >= 4 is 5.97 Å². The Morgan fingerprint density at radius 2 is 1.56 bits per heavy atom. The Bertz CT molecular complexity index is 846. The van der Waals surface area contributed by atoms with Crippen molar-refractivity contribution in [2.45, 2.75) is 117 Å². The Kier molecular flexibility index (Phi) is 6.71. The third-order valence-electron chi connectivity index (χ3n) is 12.0. The molecule has 4 fully saturated rings. The van der Waals surface area contributed by atoms with Crippen molar-refractivity contribution < 1.29 is 14.3 Å². The lowest BCUT2D eigenvalue weighted by atomic mass is 9.38. The van der Waals surface area contributed by atoms with E-state index >= 15 is 0 Å². The molecule has 0 aromatic rings. The molecule has 1 aliphatic heterocycles. The van der Waals surface area contributed by atoms with Crippen molar-refractivity contribution in [3.05, 3.63) is 24.3 Å². The largest absolute Gasteiger partial charge is 0.469 e. The average molecular weight is 471 g/mol. The number of rotatable bonds is 6. The zero-order chi connectivity index (χ0) is 25.1. The first-order valence-electron chi connectivity index (χ1n) is 13.9. The molecule has 3 heteroatoms. The zero-order valence-corrected chi connectivity index (χ0v) is 23.1. The Morgan fingerprint density at radius 1 is 0.882 bits per heavy atom. The van der Waals surface area contributed by atoms with Gasteiger partial charge in [0.15, 0.2) is 0 Å². The highest BCUT2D eigenvalue weighted by Crippen LogP contribution is 2.74. The first kappa shape index (κ1) is 26.0. The lowest BCUT2D eigenvalue weighted by molar-refractivity contribution is -0.181. The number of carbonyl (C=O) groups is 1. The smallest absolute Gasteiger partial charge is 0.305 e. The fourth-order valence-corrected chi connectivity index (χ4v) is 9.95. The summed E-state index contributed by atoms with van der Waals surface area (Å²) in [5, 5.41) is 0. The van der Waals surface area contributed by atoms with Gasteiger partial charge in [-0.05, 0) is 118 Å². The van der Waals surface area contributed by atoms with E-state index in [9.17, 15) is 4.79 Å². The Balaban J connectivity index is 1.64. The number of methoxy groups -OCH3 is 1. The summed E-state index contributed by atoms with van der Waals surface area (Å²) in [4.78, 5) is 12.2. The lowest BCUT2D eigenvalue weighted by Gasteiger charge is -2.66. The Hall–Kier alpha value is -1.09. The van der Waals surface area contributed by atoms with Gasteiger partial charge in [0.1, 0.15) is 0 Å². The van der Waals surface area contributed by atoms with Crippen LogP contribution in [0.3, 0.4) is 0 Å². The third kappa shape index (κ3) is 3.75. The molecule has 0 N–H and O–H groups in total. The molecule has 0 amide bonds. The maximum Gasteiger partial charge on any atom is 0.305 e. The van der Waals surface area contributed by atoms with E-state index in [1.165, 1.54) is 56.8 Å². The van der Waals surface area contributed by atoms with E-state index in [2.05, 4.69) is 54.7 Å². The molecule has 0 aromatic carbocycles. The van der Waals surface area contributed by atoms with Gasteiger partial charge in [-0.15, -0.1) is 0 Å². The molecule has 0 unspecified atom stereocenters. The fourth-order valence-electron chi connectivity index (χ4n) is 9.95. The van der Waals surface area contributed by atoms with E-state index in [1.54, 1.807) is 0 Å². The fraction of sp³-hybridized carbons (Fsp3) is 0.839. The highest BCUT2D eigenvalue weighted by molar-refractivity contribution is 5.69. The van der Waals surface area contributed by atoms with Crippen LogP contribution in [0.4, 0.5) is 0 Å². The lowest BCUT2D eigenvalue weighted by Crippen LogP contribution is -2.60. The van der Waals surface area contributed by atoms with Crippen LogP contribution in [0.2, 0.25) is 0 Å². The van der Waals surface area contributed by atoms with Crippen molar-refractivity contribution in [1.29, 1.82) is 0 Å². The normalized spacial score (nSPS) is 48.1. The summed E-state index contributed by atoms with van der Waals surface area (Å²) in [5.41, 5.74) is 3.16. The second kappa shape index (κ2) is 8.79. The van der Waals surface area contributed by atoms with Crippen LogP contribution in [-0.2, 0) is 14.3 Å². The Morgan fingerprint density at radius 3 is 2.15 bits per heavy atom. The van der Waals surface area contributed by atoms with Gasteiger partial charge in [-0.2, -0.15) is 0 Å². The van der Waals surface area contributed by atoms with Gasteiger partial charge in [0.25, 0.3) is 0 Å². The number of hydrogen-bond acceptors (Lipinski definition) is 3. The molecule has 192 valence electrons. The van der Waals surface area contributed by atoms with Crippen LogP contribution in [0.1, 0.15) is 106 Å². The summed E-state index contributed by atoms with van der Waals surface area (Å²) in [6.07, 6.45) is 11.5. The topological polar surface area (TPSA) is 35.5 Å². The van der Waals surface area contributed by atoms with Crippen LogP contribution < -0.4 is 0 Å². The van der Waals surface area contributed by atoms with Gasteiger partial charge in [-0.1, -0.05) is 45.1 Å². The number of esters is 1. The number of allylic oxidation sites excluding steroid dienone is 1. The second-order valence-corrected chi connectivity index (χ2v) is 13.5. The van der Waals surface area contributed by atoms with Crippen molar-refractivity contribution in [2.24, 2.45) is 39.9 Å². The minimum absolute atomic E-state index is 0.0155. The zero-order valence-electron chi connectivity index (χ0n) is 23.1. The summed E-state index contributed by atoms with van der Waals surface area (Å²) in [5.74, 6) is 2.38. The number of hydrogen-bond donors (Lipinski definition) is 0. The molecular weight excluding hydrogens is 420 g/mol. The van der Waals surface area contributed by atoms with E-state index in [0.717, 1.165) is 19.3 Å². The first-order valence-corrected chi connectivity index (χ1v) is 13.9. The molecule has 3 aliphatic carbocycles. The predicted molar refractivity (Wildman–Crippen MR) is 139 cm³/mol. The molecule has 3 saturated carbocycles. The molecule has 1 heterocycles. The third-order valence-corrected chi connectivity index (χ3v) is 12.0. The van der Waals surface area contributed by atoms with Gasteiger partial charge in [-0.25, -0.2) is 0 Å². The van der Waals surface area contributed by atoms with Crippen molar-refractivity contribution in [2.75, 3.05) is 7.11 Å². The molecule has 4 aliphatic rings. The Labute approximate surface area is 209 Å². The number of carbonyl (C=O) groups excluding carboxylic acids is 1. The molecule has 0 aromatic heterocycles. The molecular formula is C31H50O3. The van der Waals surface area contributed by atoms with E-state index in [1.807, 2.05) is 0 Å². The summed E-state index contributed by atoms with van der Waals surface area (Å²) in [6, 6.07) is 0.